The number of aryl methyl sites for hydroxylation is 3. The third-order valence-electron chi connectivity index (χ3n) is 8.23. The van der Waals surface area contributed by atoms with Crippen molar-refractivity contribution in [3.8, 4) is 49.0 Å². The van der Waals surface area contributed by atoms with Crippen molar-refractivity contribution in [1.82, 2.24) is 15.0 Å². The van der Waals surface area contributed by atoms with Crippen LogP contribution in [-0.4, -0.2) is 32.3 Å². The summed E-state index contributed by atoms with van der Waals surface area (Å²) in [5, 5.41) is 22.5. The zero-order chi connectivity index (χ0) is 36.2. The first kappa shape index (κ1) is 40.8. The van der Waals surface area contributed by atoms with Crippen molar-refractivity contribution in [3.63, 3.8) is 0 Å². The van der Waals surface area contributed by atoms with E-state index in [0.717, 1.165) is 74.5 Å². The molecule has 9 rings (SSSR count). The number of phenols is 2. The molecular formula is C43H35N3O3S3Zn2. The Balaban J connectivity index is 0.000000153. The fourth-order valence-corrected chi connectivity index (χ4v) is 8.56. The van der Waals surface area contributed by atoms with Gasteiger partial charge in [-0.15, -0.1) is 34.0 Å². The first-order valence-corrected chi connectivity index (χ1v) is 19.0. The Bertz CT molecular complexity index is 2450. The SMILES string of the molecule is COc1ccc(C)cc1-c1nc2ccccc2s1.Cc1ccc(O)c(-c2nc3ccccc3s2)c1.Cc1ccc(O)c(-c2nc3ccccc3s2)c1.[Zn].[Zn]. The van der Waals surface area contributed by atoms with Crippen molar-refractivity contribution in [2.24, 2.45) is 0 Å². The van der Waals surface area contributed by atoms with Gasteiger partial charge in [0.1, 0.15) is 32.3 Å². The predicted molar refractivity (Wildman–Crippen MR) is 219 cm³/mol. The van der Waals surface area contributed by atoms with E-state index in [0.29, 0.717) is 0 Å². The van der Waals surface area contributed by atoms with Gasteiger partial charge in [-0.05, 0) is 93.6 Å². The van der Waals surface area contributed by atoms with Crippen LogP contribution in [-0.2, 0) is 39.0 Å². The fraction of sp³-hybridized carbons (Fsp3) is 0.0930. The Hall–Kier alpha value is -4.36. The van der Waals surface area contributed by atoms with E-state index in [-0.39, 0.29) is 50.5 Å². The van der Waals surface area contributed by atoms with Gasteiger partial charge in [0.2, 0.25) is 0 Å². The average molecular weight is 869 g/mol. The van der Waals surface area contributed by atoms with Crippen LogP contribution < -0.4 is 4.74 Å². The molecule has 262 valence electrons. The zero-order valence-electron chi connectivity index (χ0n) is 30.4. The molecular weight excluding hydrogens is 833 g/mol. The van der Waals surface area contributed by atoms with Crippen LogP contribution in [0.5, 0.6) is 17.2 Å². The van der Waals surface area contributed by atoms with E-state index < -0.39 is 0 Å². The largest absolute Gasteiger partial charge is 0.507 e. The molecule has 0 saturated heterocycles. The topological polar surface area (TPSA) is 88.4 Å². The number of nitrogens with zero attached hydrogens (tertiary/aromatic N) is 3. The van der Waals surface area contributed by atoms with Gasteiger partial charge in [0, 0.05) is 39.0 Å². The number of ether oxygens (including phenoxy) is 1. The number of phenolic OH excluding ortho intramolecular Hbond substituents is 2. The predicted octanol–water partition coefficient (Wildman–Crippen LogP) is 12.2. The number of hydrogen-bond acceptors (Lipinski definition) is 9. The molecule has 0 atom stereocenters. The maximum absolute atomic E-state index is 9.88. The van der Waals surface area contributed by atoms with Gasteiger partial charge in [0.15, 0.2) is 0 Å². The monoisotopic (exact) mass is 865 g/mol. The Morgan fingerprint density at radius 2 is 0.778 bits per heavy atom. The summed E-state index contributed by atoms with van der Waals surface area (Å²) in [5.74, 6) is 1.45. The normalized spacial score (nSPS) is 10.4. The molecule has 6 aromatic carbocycles. The van der Waals surface area contributed by atoms with Gasteiger partial charge in [0.25, 0.3) is 0 Å². The van der Waals surface area contributed by atoms with E-state index >= 15 is 0 Å². The molecule has 3 heterocycles. The minimum atomic E-state index is 0. The quantitative estimate of drug-likeness (QED) is 0.171. The Morgan fingerprint density at radius 3 is 1.15 bits per heavy atom. The van der Waals surface area contributed by atoms with Gasteiger partial charge in [-0.25, -0.2) is 15.0 Å². The average Bonchev–Trinajstić information content (AvgIpc) is 3.91. The molecule has 11 heteroatoms. The first-order chi connectivity index (χ1) is 25.2. The van der Waals surface area contributed by atoms with Crippen LogP contribution in [0, 0.1) is 20.8 Å². The minimum Gasteiger partial charge on any atom is -0.507 e. The van der Waals surface area contributed by atoms with Gasteiger partial charge in [-0.1, -0.05) is 71.3 Å². The van der Waals surface area contributed by atoms with E-state index in [1.165, 1.54) is 10.3 Å². The van der Waals surface area contributed by atoms with Crippen molar-refractivity contribution in [3.05, 3.63) is 144 Å². The molecule has 2 N–H and O–H groups in total. The summed E-state index contributed by atoms with van der Waals surface area (Å²) in [4.78, 5) is 13.8. The van der Waals surface area contributed by atoms with E-state index in [1.807, 2.05) is 111 Å². The van der Waals surface area contributed by atoms with Crippen LogP contribution in [0.1, 0.15) is 16.7 Å². The van der Waals surface area contributed by atoms with Crippen LogP contribution >= 0.6 is 34.0 Å². The van der Waals surface area contributed by atoms with E-state index in [2.05, 4.69) is 40.1 Å². The Labute approximate surface area is 351 Å². The smallest absolute Gasteiger partial charge is 0.129 e. The van der Waals surface area contributed by atoms with Gasteiger partial charge < -0.3 is 14.9 Å². The molecule has 0 aliphatic carbocycles. The molecule has 0 unspecified atom stereocenters. The summed E-state index contributed by atoms with van der Waals surface area (Å²) < 4.78 is 8.91. The first-order valence-electron chi connectivity index (χ1n) is 16.6. The van der Waals surface area contributed by atoms with E-state index in [4.69, 9.17) is 4.74 Å². The molecule has 0 radical (unpaired) electrons. The fourth-order valence-electron chi connectivity index (χ4n) is 5.59. The summed E-state index contributed by atoms with van der Waals surface area (Å²) in [6, 6.07) is 41.5. The number of methoxy groups -OCH3 is 1. The molecule has 54 heavy (non-hydrogen) atoms. The van der Waals surface area contributed by atoms with Crippen LogP contribution in [0.25, 0.3) is 62.4 Å². The van der Waals surface area contributed by atoms with E-state index in [9.17, 15) is 10.2 Å². The molecule has 9 aromatic rings. The van der Waals surface area contributed by atoms with Crippen LogP contribution in [0.4, 0.5) is 0 Å². The third kappa shape index (κ3) is 9.28. The Morgan fingerprint density at radius 1 is 0.444 bits per heavy atom. The number of hydrogen-bond donors (Lipinski definition) is 2. The molecule has 3 aromatic heterocycles. The number of fused-ring (bicyclic) bond motifs is 3. The van der Waals surface area contributed by atoms with Gasteiger partial charge in [0.05, 0.1) is 54.5 Å². The van der Waals surface area contributed by atoms with Gasteiger partial charge in [-0.2, -0.15) is 0 Å². The molecule has 0 aliphatic heterocycles. The molecule has 0 amide bonds. The van der Waals surface area contributed by atoms with Crippen molar-refractivity contribution >= 4 is 64.7 Å². The maximum Gasteiger partial charge on any atom is 0.129 e. The molecule has 0 spiro atoms. The number of rotatable bonds is 4. The molecule has 0 aliphatic rings. The summed E-state index contributed by atoms with van der Waals surface area (Å²) in [6.07, 6.45) is 0. The maximum atomic E-state index is 9.88. The number of aromatic nitrogens is 3. The van der Waals surface area contributed by atoms with Gasteiger partial charge in [-0.3, -0.25) is 0 Å². The van der Waals surface area contributed by atoms with Crippen LogP contribution in [0.15, 0.2) is 127 Å². The standard InChI is InChI=1S/C15H13NOS.2C14H11NOS.2Zn/c1-10-7-8-13(17-2)11(9-10)15-16-12-5-3-4-6-14(12)18-15;2*1-9-6-7-12(16)10(8-9)14-15-11-4-2-3-5-13(11)17-14;;/h3-9H,1-2H3;2*2-8,16H,1H3;;. The van der Waals surface area contributed by atoms with Crippen molar-refractivity contribution in [2.45, 2.75) is 20.8 Å². The minimum absolute atomic E-state index is 0. The number of thiazole rings is 3. The van der Waals surface area contributed by atoms with Crippen molar-refractivity contribution < 1.29 is 53.9 Å². The second-order valence-corrected chi connectivity index (χ2v) is 15.3. The summed E-state index contributed by atoms with van der Waals surface area (Å²) in [7, 11) is 1.70. The van der Waals surface area contributed by atoms with E-state index in [1.54, 1.807) is 53.3 Å². The zero-order valence-corrected chi connectivity index (χ0v) is 38.8. The molecule has 6 nitrogen and oxygen atoms in total. The Kier molecular flexibility index (Phi) is 13.8. The molecule has 0 saturated carbocycles. The number of aromatic hydroxyl groups is 2. The second kappa shape index (κ2) is 18.3. The van der Waals surface area contributed by atoms with Gasteiger partial charge >= 0.3 is 0 Å². The second-order valence-electron chi connectivity index (χ2n) is 12.2. The summed E-state index contributed by atoms with van der Waals surface area (Å²) >= 11 is 4.90. The summed E-state index contributed by atoms with van der Waals surface area (Å²) in [5.41, 5.74) is 9.15. The van der Waals surface area contributed by atoms with Crippen LogP contribution in [0.2, 0.25) is 0 Å². The third-order valence-corrected chi connectivity index (χ3v) is 11.4. The van der Waals surface area contributed by atoms with Crippen LogP contribution in [0.3, 0.4) is 0 Å². The van der Waals surface area contributed by atoms with Crippen molar-refractivity contribution in [1.29, 1.82) is 0 Å². The number of para-hydroxylation sites is 3. The molecule has 0 bridgehead atoms. The number of benzene rings is 6. The molecule has 0 fully saturated rings. The summed E-state index contributed by atoms with van der Waals surface area (Å²) in [6.45, 7) is 6.10. The van der Waals surface area contributed by atoms with Crippen molar-refractivity contribution in [2.75, 3.05) is 7.11 Å².